The van der Waals surface area contributed by atoms with Crippen molar-refractivity contribution in [2.75, 3.05) is 11.1 Å². The number of carbonyl (C=O) groups is 1. The zero-order valence-corrected chi connectivity index (χ0v) is 16.4. The van der Waals surface area contributed by atoms with Gasteiger partial charge in [0.2, 0.25) is 5.91 Å². The number of benzene rings is 2. The number of rotatable bonds is 5. The maximum atomic E-state index is 12.4. The van der Waals surface area contributed by atoms with Crippen molar-refractivity contribution in [2.24, 2.45) is 0 Å². The minimum absolute atomic E-state index is 0.0285. The number of aryl methyl sites for hydroxylation is 2. The molecule has 26 heavy (non-hydrogen) atoms. The number of amides is 1. The van der Waals surface area contributed by atoms with Gasteiger partial charge in [0.05, 0.1) is 11.4 Å². The highest BCUT2D eigenvalue weighted by Gasteiger charge is 2.12. The van der Waals surface area contributed by atoms with Gasteiger partial charge in [0.25, 0.3) is 0 Å². The van der Waals surface area contributed by atoms with Crippen molar-refractivity contribution in [1.82, 2.24) is 9.55 Å². The number of anilines is 1. The van der Waals surface area contributed by atoms with E-state index in [-0.39, 0.29) is 5.91 Å². The molecule has 0 saturated carbocycles. The smallest absolute Gasteiger partial charge is 0.234 e. The van der Waals surface area contributed by atoms with Crippen LogP contribution in [0.25, 0.3) is 5.69 Å². The Kier molecular flexibility index (Phi) is 5.47. The van der Waals surface area contributed by atoms with E-state index >= 15 is 0 Å². The first-order valence-corrected chi connectivity index (χ1v) is 9.54. The lowest BCUT2D eigenvalue weighted by molar-refractivity contribution is -0.113. The summed E-state index contributed by atoms with van der Waals surface area (Å²) in [5.74, 6) is 0.286. The third-order valence-corrected chi connectivity index (χ3v) is 5.62. The molecule has 0 saturated heterocycles. The first-order chi connectivity index (χ1) is 12.5. The number of thioether (sulfide) groups is 1. The van der Waals surface area contributed by atoms with Gasteiger partial charge >= 0.3 is 0 Å². The lowest BCUT2D eigenvalue weighted by Crippen LogP contribution is -2.15. The number of hydrogen-bond acceptors (Lipinski definition) is 3. The summed E-state index contributed by atoms with van der Waals surface area (Å²) in [7, 11) is 0. The average molecular weight is 366 g/mol. The van der Waals surface area contributed by atoms with Gasteiger partial charge < -0.3 is 5.32 Å². The van der Waals surface area contributed by atoms with Crippen LogP contribution in [0.15, 0.2) is 53.9 Å². The minimum atomic E-state index is -0.0285. The van der Waals surface area contributed by atoms with Gasteiger partial charge in [-0.15, -0.1) is 0 Å². The molecule has 0 aliphatic heterocycles. The van der Waals surface area contributed by atoms with E-state index in [2.05, 4.69) is 36.3 Å². The Balaban J connectivity index is 1.71. The normalized spacial score (nSPS) is 10.8. The number of hydrogen-bond donors (Lipinski definition) is 1. The summed E-state index contributed by atoms with van der Waals surface area (Å²) in [4.78, 5) is 16.8. The van der Waals surface area contributed by atoms with Crippen LogP contribution in [0.3, 0.4) is 0 Å². The van der Waals surface area contributed by atoms with Crippen molar-refractivity contribution < 1.29 is 4.79 Å². The van der Waals surface area contributed by atoms with Gasteiger partial charge in [0.1, 0.15) is 0 Å². The molecule has 1 aromatic heterocycles. The van der Waals surface area contributed by atoms with Gasteiger partial charge in [0, 0.05) is 18.1 Å². The van der Waals surface area contributed by atoms with E-state index in [0.717, 1.165) is 22.1 Å². The molecule has 0 aliphatic rings. The summed E-state index contributed by atoms with van der Waals surface area (Å²) in [6.45, 7) is 8.26. The minimum Gasteiger partial charge on any atom is -0.325 e. The zero-order chi connectivity index (χ0) is 18.7. The molecule has 0 aliphatic carbocycles. The number of aromatic nitrogens is 2. The molecule has 2 aromatic carbocycles. The Labute approximate surface area is 158 Å². The molecule has 1 N–H and O–H groups in total. The van der Waals surface area contributed by atoms with E-state index in [0.29, 0.717) is 5.75 Å². The quantitative estimate of drug-likeness (QED) is 0.658. The first-order valence-electron chi connectivity index (χ1n) is 8.56. The fourth-order valence-electron chi connectivity index (χ4n) is 2.78. The van der Waals surface area contributed by atoms with E-state index in [1.165, 1.54) is 28.5 Å². The molecule has 3 aromatic rings. The number of carbonyl (C=O) groups excluding carboxylic acids is 1. The van der Waals surface area contributed by atoms with Crippen molar-refractivity contribution in [3.05, 3.63) is 71.0 Å². The molecule has 0 spiro atoms. The summed E-state index contributed by atoms with van der Waals surface area (Å²) in [5, 5.41) is 3.81. The second kappa shape index (κ2) is 7.79. The van der Waals surface area contributed by atoms with Gasteiger partial charge in [-0.1, -0.05) is 36.0 Å². The van der Waals surface area contributed by atoms with Crippen LogP contribution in [0.4, 0.5) is 5.69 Å². The number of imidazole rings is 1. The number of nitrogens with one attached hydrogen (secondary N) is 1. The van der Waals surface area contributed by atoms with Crippen LogP contribution in [-0.4, -0.2) is 21.2 Å². The van der Waals surface area contributed by atoms with E-state index in [1.807, 2.05) is 48.9 Å². The molecule has 0 radical (unpaired) electrons. The lowest BCUT2D eigenvalue weighted by Gasteiger charge is -2.13. The van der Waals surface area contributed by atoms with Gasteiger partial charge in [0.15, 0.2) is 5.16 Å². The average Bonchev–Trinajstić information content (AvgIpc) is 3.08. The molecule has 5 heteroatoms. The van der Waals surface area contributed by atoms with Gasteiger partial charge in [-0.25, -0.2) is 4.98 Å². The molecule has 3 rings (SSSR count). The van der Waals surface area contributed by atoms with Gasteiger partial charge in [-0.3, -0.25) is 9.36 Å². The lowest BCUT2D eigenvalue weighted by atomic mass is 10.1. The summed E-state index contributed by atoms with van der Waals surface area (Å²) >= 11 is 1.44. The third kappa shape index (κ3) is 3.83. The fraction of sp³-hybridized carbons (Fsp3) is 0.238. The molecule has 1 amide bonds. The van der Waals surface area contributed by atoms with E-state index in [4.69, 9.17) is 0 Å². The Morgan fingerprint density at radius 2 is 1.73 bits per heavy atom. The molecule has 4 nitrogen and oxygen atoms in total. The molecule has 1 heterocycles. The van der Waals surface area contributed by atoms with Crippen LogP contribution in [0, 0.1) is 27.7 Å². The van der Waals surface area contributed by atoms with Gasteiger partial charge in [-0.05, 0) is 62.1 Å². The Bertz CT molecular complexity index is 946. The van der Waals surface area contributed by atoms with Crippen LogP contribution in [-0.2, 0) is 4.79 Å². The number of nitrogens with zero attached hydrogens (tertiary/aromatic N) is 2. The second-order valence-corrected chi connectivity index (χ2v) is 7.33. The van der Waals surface area contributed by atoms with Crippen molar-refractivity contribution >= 4 is 23.4 Å². The molecule has 134 valence electrons. The van der Waals surface area contributed by atoms with Crippen LogP contribution in [0.5, 0.6) is 0 Å². The highest BCUT2D eigenvalue weighted by atomic mass is 32.2. The Morgan fingerprint density at radius 1 is 1.04 bits per heavy atom. The Hall–Kier alpha value is -2.53. The topological polar surface area (TPSA) is 46.9 Å². The maximum Gasteiger partial charge on any atom is 0.234 e. The molecule has 0 fully saturated rings. The van der Waals surface area contributed by atoms with E-state index in [1.54, 1.807) is 6.20 Å². The fourth-order valence-corrected chi connectivity index (χ4v) is 3.55. The monoisotopic (exact) mass is 365 g/mol. The van der Waals surface area contributed by atoms with Crippen molar-refractivity contribution in [1.29, 1.82) is 0 Å². The van der Waals surface area contributed by atoms with Crippen LogP contribution >= 0.6 is 11.8 Å². The van der Waals surface area contributed by atoms with Crippen LogP contribution in [0.2, 0.25) is 0 Å². The largest absolute Gasteiger partial charge is 0.325 e. The van der Waals surface area contributed by atoms with E-state index < -0.39 is 0 Å². The second-order valence-electron chi connectivity index (χ2n) is 6.38. The standard InChI is InChI=1S/C21H23N3OS/c1-14-7-5-9-18(16(14)3)23-20(25)13-26-21-22-11-12-24(21)19-10-6-8-15(2)17(19)4/h5-12H,13H2,1-4H3,(H,23,25). The molecule has 0 bridgehead atoms. The van der Waals surface area contributed by atoms with Crippen molar-refractivity contribution in [3.8, 4) is 5.69 Å². The molecule has 0 atom stereocenters. The SMILES string of the molecule is Cc1cccc(NC(=O)CSc2nccn2-c2cccc(C)c2C)c1C. The summed E-state index contributed by atoms with van der Waals surface area (Å²) in [5.41, 5.74) is 6.68. The molecular weight excluding hydrogens is 342 g/mol. The summed E-state index contributed by atoms with van der Waals surface area (Å²) < 4.78 is 2.04. The van der Waals surface area contributed by atoms with Crippen LogP contribution in [0.1, 0.15) is 22.3 Å². The van der Waals surface area contributed by atoms with Crippen LogP contribution < -0.4 is 5.32 Å². The predicted molar refractivity (Wildman–Crippen MR) is 108 cm³/mol. The summed E-state index contributed by atoms with van der Waals surface area (Å²) in [6, 6.07) is 12.1. The van der Waals surface area contributed by atoms with Gasteiger partial charge in [-0.2, -0.15) is 0 Å². The van der Waals surface area contributed by atoms with Crippen molar-refractivity contribution in [2.45, 2.75) is 32.9 Å². The van der Waals surface area contributed by atoms with Crippen molar-refractivity contribution in [3.63, 3.8) is 0 Å². The zero-order valence-electron chi connectivity index (χ0n) is 15.5. The Morgan fingerprint density at radius 3 is 2.50 bits per heavy atom. The molecule has 0 unspecified atom stereocenters. The molecular formula is C21H23N3OS. The highest BCUT2D eigenvalue weighted by molar-refractivity contribution is 7.99. The predicted octanol–water partition coefficient (Wildman–Crippen LogP) is 4.84. The highest BCUT2D eigenvalue weighted by Crippen LogP contribution is 2.25. The van der Waals surface area contributed by atoms with E-state index in [9.17, 15) is 4.79 Å². The first kappa shape index (κ1) is 18.3. The third-order valence-electron chi connectivity index (χ3n) is 4.65. The maximum absolute atomic E-state index is 12.4. The summed E-state index contributed by atoms with van der Waals surface area (Å²) in [6.07, 6.45) is 3.71.